The molecule has 0 spiro atoms. The van der Waals surface area contributed by atoms with Crippen molar-refractivity contribution in [1.29, 1.82) is 0 Å². The molecule has 0 amide bonds. The van der Waals surface area contributed by atoms with Crippen LogP contribution >= 0.6 is 0 Å². The zero-order chi connectivity index (χ0) is 36.3. The average Bonchev–Trinajstić information content (AvgIpc) is 3.21. The summed E-state index contributed by atoms with van der Waals surface area (Å²) in [7, 11) is 6.96. The number of nitrogens with zero attached hydrogens (tertiary/aromatic N) is 3. The van der Waals surface area contributed by atoms with Crippen LogP contribution in [0.4, 0.5) is 5.95 Å². The van der Waals surface area contributed by atoms with E-state index in [1.165, 1.54) is 0 Å². The molecular weight excluding hydrogens is 654 g/mol. The van der Waals surface area contributed by atoms with Crippen molar-refractivity contribution in [2.45, 2.75) is 23.9 Å². The Balaban J connectivity index is 1.44. The van der Waals surface area contributed by atoms with E-state index in [1.807, 2.05) is 122 Å². The molecule has 9 heteroatoms. The molecule has 6 rings (SSSR count). The van der Waals surface area contributed by atoms with E-state index in [-0.39, 0.29) is 6.61 Å². The van der Waals surface area contributed by atoms with Crippen LogP contribution in [0.3, 0.4) is 0 Å². The predicted octanol–water partition coefficient (Wildman–Crippen LogP) is 7.50. The molecule has 0 fully saturated rings. The van der Waals surface area contributed by atoms with E-state index in [9.17, 15) is 5.11 Å². The molecule has 266 valence electrons. The highest BCUT2D eigenvalue weighted by Crippen LogP contribution is 2.41. The minimum atomic E-state index is -1.23. The first-order valence-corrected chi connectivity index (χ1v) is 17.0. The highest BCUT2D eigenvalue weighted by atomic mass is 16.6. The Kier molecular flexibility index (Phi) is 11.7. The third-order valence-electron chi connectivity index (χ3n) is 8.73. The monoisotopic (exact) mass is 697 g/mol. The van der Waals surface area contributed by atoms with Crippen molar-refractivity contribution in [2.75, 3.05) is 39.8 Å². The van der Waals surface area contributed by atoms with Gasteiger partial charge in [0.2, 0.25) is 5.95 Å². The Labute approximate surface area is 305 Å². The van der Waals surface area contributed by atoms with Gasteiger partial charge in [-0.15, -0.1) is 0 Å². The van der Waals surface area contributed by atoms with E-state index in [1.54, 1.807) is 63.0 Å². The van der Waals surface area contributed by atoms with E-state index in [2.05, 4.69) is 9.97 Å². The molecular formula is C43H43N3O6. The standard InChI is InChI=1S/C43H43N3O6/c1-46(2)42-44-28-31(29-45-42)40(51-37-24-20-35(48-3)21-25-37)41(52-38-26-22-36(49-4)23-27-38)39(47)30-50-43(32-14-8-5-9-15-32,33-16-10-6-11-17-33)34-18-12-7-13-19-34/h5-29,39-41,47H,30H2,1-4H3/t39-,40-,41+/m1/s1. The second-order valence-corrected chi connectivity index (χ2v) is 12.3. The summed E-state index contributed by atoms with van der Waals surface area (Å²) in [6.45, 7) is -0.140. The molecule has 1 aromatic heterocycles. The lowest BCUT2D eigenvalue weighted by molar-refractivity contribution is -0.0974. The topological polar surface area (TPSA) is 95.4 Å². The highest BCUT2D eigenvalue weighted by molar-refractivity contribution is 5.47. The maximum atomic E-state index is 12.4. The zero-order valence-electron chi connectivity index (χ0n) is 29.7. The first-order chi connectivity index (χ1) is 25.4. The van der Waals surface area contributed by atoms with Crippen LogP contribution in [-0.4, -0.2) is 62.2 Å². The molecule has 0 radical (unpaired) electrons. The van der Waals surface area contributed by atoms with E-state index in [0.717, 1.165) is 16.7 Å². The van der Waals surface area contributed by atoms with Crippen molar-refractivity contribution in [2.24, 2.45) is 0 Å². The summed E-state index contributed by atoms with van der Waals surface area (Å²) in [6, 6.07) is 44.5. The average molecular weight is 698 g/mol. The van der Waals surface area contributed by atoms with Gasteiger partial charge in [-0.25, -0.2) is 9.97 Å². The van der Waals surface area contributed by atoms with Gasteiger partial charge in [0, 0.05) is 32.1 Å². The number of aromatic nitrogens is 2. The smallest absolute Gasteiger partial charge is 0.224 e. The van der Waals surface area contributed by atoms with Crippen molar-refractivity contribution in [3.63, 3.8) is 0 Å². The van der Waals surface area contributed by atoms with Gasteiger partial charge in [0.1, 0.15) is 34.7 Å². The second kappa shape index (κ2) is 16.9. The molecule has 5 aromatic carbocycles. The molecule has 9 nitrogen and oxygen atoms in total. The molecule has 6 aromatic rings. The summed E-state index contributed by atoms with van der Waals surface area (Å²) in [5.41, 5.74) is 2.25. The molecule has 0 saturated heterocycles. The van der Waals surface area contributed by atoms with Crippen LogP contribution in [0.15, 0.2) is 152 Å². The molecule has 1 heterocycles. The molecule has 0 bridgehead atoms. The molecule has 0 aliphatic carbocycles. The highest BCUT2D eigenvalue weighted by Gasteiger charge is 2.41. The number of anilines is 1. The first-order valence-electron chi connectivity index (χ1n) is 17.0. The third kappa shape index (κ3) is 8.18. The number of methoxy groups -OCH3 is 2. The van der Waals surface area contributed by atoms with E-state index in [0.29, 0.717) is 34.5 Å². The van der Waals surface area contributed by atoms with Crippen LogP contribution in [0.25, 0.3) is 0 Å². The van der Waals surface area contributed by atoms with Crippen LogP contribution < -0.4 is 23.8 Å². The Morgan fingerprint density at radius 2 is 0.981 bits per heavy atom. The van der Waals surface area contributed by atoms with Gasteiger partial charge in [-0.1, -0.05) is 91.0 Å². The van der Waals surface area contributed by atoms with Gasteiger partial charge < -0.3 is 33.7 Å². The fraction of sp³-hybridized carbons (Fsp3) is 0.209. The first kappa shape index (κ1) is 35.9. The largest absolute Gasteiger partial charge is 0.497 e. The molecule has 0 aliphatic rings. The number of hydrogen-bond donors (Lipinski definition) is 1. The fourth-order valence-corrected chi connectivity index (χ4v) is 6.06. The predicted molar refractivity (Wildman–Crippen MR) is 201 cm³/mol. The van der Waals surface area contributed by atoms with Gasteiger partial charge in [0.25, 0.3) is 0 Å². The van der Waals surface area contributed by atoms with Crippen LogP contribution in [-0.2, 0) is 10.3 Å². The maximum Gasteiger partial charge on any atom is 0.224 e. The molecule has 3 atom stereocenters. The van der Waals surface area contributed by atoms with Gasteiger partial charge >= 0.3 is 0 Å². The molecule has 1 N–H and O–H groups in total. The number of ether oxygens (including phenoxy) is 5. The van der Waals surface area contributed by atoms with E-state index in [4.69, 9.17) is 23.7 Å². The summed E-state index contributed by atoms with van der Waals surface area (Å²) < 4.78 is 31.2. The lowest BCUT2D eigenvalue weighted by atomic mass is 9.80. The van der Waals surface area contributed by atoms with E-state index >= 15 is 0 Å². The summed E-state index contributed by atoms with van der Waals surface area (Å²) in [5, 5.41) is 12.4. The lowest BCUT2D eigenvalue weighted by Gasteiger charge is -2.38. The SMILES string of the molecule is COc1ccc(O[C@@H]([C@H](O)COC(c2ccccc2)(c2ccccc2)c2ccccc2)[C@H](Oc2ccc(OC)cc2)c2cnc(N(C)C)nc2)cc1. The number of aliphatic hydroxyl groups excluding tert-OH is 1. The van der Waals surface area contributed by atoms with Gasteiger partial charge in [-0.2, -0.15) is 0 Å². The van der Waals surface area contributed by atoms with Crippen molar-refractivity contribution in [3.8, 4) is 23.0 Å². The van der Waals surface area contributed by atoms with Gasteiger partial charge in [0.15, 0.2) is 12.2 Å². The van der Waals surface area contributed by atoms with Gasteiger partial charge in [-0.05, 0) is 65.2 Å². The van der Waals surface area contributed by atoms with Crippen LogP contribution in [0.5, 0.6) is 23.0 Å². The summed E-state index contributed by atoms with van der Waals surface area (Å²) in [4.78, 5) is 11.0. The molecule has 52 heavy (non-hydrogen) atoms. The number of benzene rings is 5. The number of rotatable bonds is 16. The van der Waals surface area contributed by atoms with E-state index < -0.39 is 23.9 Å². The summed E-state index contributed by atoms with van der Waals surface area (Å²) >= 11 is 0. The molecule has 0 aliphatic heterocycles. The third-order valence-corrected chi connectivity index (χ3v) is 8.73. The Hall–Kier alpha value is -5.90. The Bertz CT molecular complexity index is 1850. The molecule has 0 saturated carbocycles. The van der Waals surface area contributed by atoms with Crippen LogP contribution in [0, 0.1) is 0 Å². The Morgan fingerprint density at radius 3 is 1.38 bits per heavy atom. The van der Waals surface area contributed by atoms with Gasteiger partial charge in [0.05, 0.1) is 20.8 Å². The fourth-order valence-electron chi connectivity index (χ4n) is 6.06. The van der Waals surface area contributed by atoms with Gasteiger partial charge in [-0.3, -0.25) is 0 Å². The Morgan fingerprint density at radius 1 is 0.577 bits per heavy atom. The minimum Gasteiger partial charge on any atom is -0.497 e. The van der Waals surface area contributed by atoms with Crippen LogP contribution in [0.2, 0.25) is 0 Å². The lowest BCUT2D eigenvalue weighted by Crippen LogP contribution is -2.45. The number of aliphatic hydroxyl groups is 1. The zero-order valence-corrected chi connectivity index (χ0v) is 29.7. The van der Waals surface area contributed by atoms with Crippen molar-refractivity contribution in [1.82, 2.24) is 9.97 Å². The second-order valence-electron chi connectivity index (χ2n) is 12.3. The number of hydrogen-bond acceptors (Lipinski definition) is 9. The van der Waals surface area contributed by atoms with Crippen molar-refractivity contribution < 1.29 is 28.8 Å². The van der Waals surface area contributed by atoms with Crippen molar-refractivity contribution in [3.05, 3.63) is 174 Å². The minimum absolute atomic E-state index is 0.140. The maximum absolute atomic E-state index is 12.4. The molecule has 0 unspecified atom stereocenters. The quantitative estimate of drug-likeness (QED) is 0.103. The summed E-state index contributed by atoms with van der Waals surface area (Å²) in [5.74, 6) is 2.92. The normalized spacial score (nSPS) is 13.0. The van der Waals surface area contributed by atoms with Crippen LogP contribution in [0.1, 0.15) is 28.4 Å². The summed E-state index contributed by atoms with van der Waals surface area (Å²) in [6.07, 6.45) is 0.261. The van der Waals surface area contributed by atoms with Crippen molar-refractivity contribution >= 4 is 5.95 Å².